The van der Waals surface area contributed by atoms with E-state index in [1.165, 1.54) is 11.1 Å². The van der Waals surface area contributed by atoms with E-state index in [1.807, 2.05) is 48.5 Å². The van der Waals surface area contributed by atoms with Crippen LogP contribution >= 0.6 is 0 Å². The monoisotopic (exact) mass is 617 g/mol. The van der Waals surface area contributed by atoms with Crippen LogP contribution < -0.4 is 14.2 Å². The molecule has 0 aliphatic heterocycles. The number of ether oxygens (including phenoxy) is 6. The normalized spacial score (nSPS) is 13.5. The van der Waals surface area contributed by atoms with Crippen molar-refractivity contribution in [3.63, 3.8) is 0 Å². The van der Waals surface area contributed by atoms with Crippen LogP contribution in [0.5, 0.6) is 23.0 Å². The van der Waals surface area contributed by atoms with Gasteiger partial charge in [0, 0.05) is 17.9 Å². The van der Waals surface area contributed by atoms with Gasteiger partial charge in [-0.3, -0.25) is 4.79 Å². The second kappa shape index (κ2) is 19.2. The van der Waals surface area contributed by atoms with Crippen LogP contribution in [-0.4, -0.2) is 58.8 Å². The molecule has 0 heterocycles. The molecule has 45 heavy (non-hydrogen) atoms. The summed E-state index contributed by atoms with van der Waals surface area (Å²) in [5.74, 6) is 3.28. The zero-order chi connectivity index (χ0) is 31.5. The average Bonchev–Trinajstić information content (AvgIpc) is 3.45. The molecule has 0 bridgehead atoms. The van der Waals surface area contributed by atoms with Crippen LogP contribution in [0.3, 0.4) is 0 Å². The van der Waals surface area contributed by atoms with Crippen molar-refractivity contribution in [1.82, 2.24) is 0 Å². The lowest BCUT2D eigenvalue weighted by molar-refractivity contribution is -0.145. The number of hydrogen-bond donors (Lipinski definition) is 0. The molecule has 0 amide bonds. The van der Waals surface area contributed by atoms with E-state index >= 15 is 0 Å². The fourth-order valence-electron chi connectivity index (χ4n) is 5.21. The first kappa shape index (κ1) is 33.6. The average molecular weight is 618 g/mol. The zero-order valence-corrected chi connectivity index (χ0v) is 26.0. The van der Waals surface area contributed by atoms with E-state index in [0.29, 0.717) is 52.6 Å². The number of fused-ring (bicyclic) bond motifs is 1. The first-order chi connectivity index (χ1) is 22.2. The Morgan fingerprint density at radius 1 is 0.867 bits per heavy atom. The standard InChI is InChI=1S/C35H43N3O7/c1-2-7-29-25-32(45-30-8-4-3-5-9-30)13-15-34(29)43-18-6-17-42-31-12-14-33-27(24-31)10-11-28(33)26-35(39)44-23-22-41-21-20-40-19-16-37-38-36/h3-5,8-9,12-15,24-25,28H,2,6-7,10-11,16-23,26H2,1H3/t28-/m0/s1. The summed E-state index contributed by atoms with van der Waals surface area (Å²) < 4.78 is 34.2. The minimum Gasteiger partial charge on any atom is -0.493 e. The maximum Gasteiger partial charge on any atom is 0.306 e. The van der Waals surface area contributed by atoms with Crippen molar-refractivity contribution < 1.29 is 33.2 Å². The third kappa shape index (κ3) is 11.6. The molecule has 0 aromatic heterocycles. The molecule has 3 aromatic rings. The lowest BCUT2D eigenvalue weighted by Crippen LogP contribution is -2.14. The lowest BCUT2D eigenvalue weighted by atomic mass is 9.98. The zero-order valence-electron chi connectivity index (χ0n) is 26.0. The van der Waals surface area contributed by atoms with Gasteiger partial charge in [-0.05, 0) is 89.9 Å². The summed E-state index contributed by atoms with van der Waals surface area (Å²) in [7, 11) is 0. The second-order valence-electron chi connectivity index (χ2n) is 10.7. The van der Waals surface area contributed by atoms with Gasteiger partial charge < -0.3 is 28.4 Å². The van der Waals surface area contributed by atoms with Gasteiger partial charge in [-0.1, -0.05) is 42.7 Å². The predicted octanol–water partition coefficient (Wildman–Crippen LogP) is 7.59. The van der Waals surface area contributed by atoms with Crippen molar-refractivity contribution in [3.8, 4) is 23.0 Å². The highest BCUT2D eigenvalue weighted by Crippen LogP contribution is 2.37. The van der Waals surface area contributed by atoms with Gasteiger partial charge in [0.15, 0.2) is 0 Å². The van der Waals surface area contributed by atoms with Gasteiger partial charge in [-0.15, -0.1) is 0 Å². The molecular weight excluding hydrogens is 574 g/mol. The molecule has 0 radical (unpaired) electrons. The van der Waals surface area contributed by atoms with Crippen LogP contribution in [-0.2, 0) is 31.8 Å². The van der Waals surface area contributed by atoms with Gasteiger partial charge in [0.2, 0.25) is 0 Å². The van der Waals surface area contributed by atoms with Crippen molar-refractivity contribution in [1.29, 1.82) is 0 Å². The maximum absolute atomic E-state index is 12.4. The maximum atomic E-state index is 12.4. The molecule has 3 aromatic carbocycles. The molecule has 0 saturated heterocycles. The highest BCUT2D eigenvalue weighted by Gasteiger charge is 2.25. The molecule has 10 heteroatoms. The summed E-state index contributed by atoms with van der Waals surface area (Å²) in [6, 6.07) is 21.9. The predicted molar refractivity (Wildman–Crippen MR) is 171 cm³/mol. The number of carbonyl (C=O) groups excluding carboxylic acids is 1. The second-order valence-corrected chi connectivity index (χ2v) is 10.7. The molecule has 10 nitrogen and oxygen atoms in total. The van der Waals surface area contributed by atoms with Crippen molar-refractivity contribution in [2.75, 3.05) is 52.8 Å². The van der Waals surface area contributed by atoms with E-state index in [0.717, 1.165) is 60.7 Å². The Hall–Kier alpha value is -4.24. The van der Waals surface area contributed by atoms with E-state index in [-0.39, 0.29) is 18.5 Å². The van der Waals surface area contributed by atoms with Crippen molar-refractivity contribution in [2.24, 2.45) is 5.11 Å². The molecule has 1 aliphatic carbocycles. The molecular formula is C35H43N3O7. The topological polar surface area (TPSA) is 121 Å². The summed E-state index contributed by atoms with van der Waals surface area (Å²) in [6.07, 6.45) is 4.88. The minimum absolute atomic E-state index is 0.155. The van der Waals surface area contributed by atoms with Crippen LogP contribution in [0, 0.1) is 0 Å². The van der Waals surface area contributed by atoms with E-state index in [2.05, 4.69) is 35.1 Å². The van der Waals surface area contributed by atoms with Gasteiger partial charge in [-0.2, -0.15) is 0 Å². The molecule has 0 fully saturated rings. The number of azide groups is 1. The number of esters is 1. The number of hydrogen-bond acceptors (Lipinski definition) is 8. The van der Waals surface area contributed by atoms with E-state index in [4.69, 9.17) is 34.0 Å². The number of para-hydroxylation sites is 1. The van der Waals surface area contributed by atoms with Crippen LogP contribution in [0.25, 0.3) is 10.4 Å². The molecule has 1 aliphatic rings. The Morgan fingerprint density at radius 2 is 1.64 bits per heavy atom. The molecule has 0 N–H and O–H groups in total. The summed E-state index contributed by atoms with van der Waals surface area (Å²) in [4.78, 5) is 15.0. The van der Waals surface area contributed by atoms with Gasteiger partial charge in [0.1, 0.15) is 29.6 Å². The Kier molecular flexibility index (Phi) is 14.4. The Morgan fingerprint density at radius 3 is 2.47 bits per heavy atom. The largest absolute Gasteiger partial charge is 0.493 e. The number of nitrogens with zero attached hydrogens (tertiary/aromatic N) is 3. The Labute approximate surface area is 265 Å². The first-order valence-electron chi connectivity index (χ1n) is 15.7. The van der Waals surface area contributed by atoms with Gasteiger partial charge in [0.25, 0.3) is 0 Å². The number of benzene rings is 3. The van der Waals surface area contributed by atoms with E-state index < -0.39 is 0 Å². The smallest absolute Gasteiger partial charge is 0.306 e. The van der Waals surface area contributed by atoms with Crippen LogP contribution in [0.2, 0.25) is 0 Å². The van der Waals surface area contributed by atoms with Crippen molar-refractivity contribution >= 4 is 5.97 Å². The fraction of sp³-hybridized carbons (Fsp3) is 0.457. The minimum atomic E-state index is -0.220. The van der Waals surface area contributed by atoms with Gasteiger partial charge in [0.05, 0.1) is 46.1 Å². The van der Waals surface area contributed by atoms with Crippen LogP contribution in [0.1, 0.15) is 55.2 Å². The van der Waals surface area contributed by atoms with Crippen LogP contribution in [0.4, 0.5) is 0 Å². The number of rotatable bonds is 21. The molecule has 0 unspecified atom stereocenters. The molecule has 240 valence electrons. The first-order valence-corrected chi connectivity index (χ1v) is 15.7. The van der Waals surface area contributed by atoms with Gasteiger partial charge in [-0.25, -0.2) is 0 Å². The van der Waals surface area contributed by atoms with Crippen molar-refractivity contribution in [2.45, 2.75) is 51.4 Å². The number of aryl methyl sites for hydroxylation is 2. The lowest BCUT2D eigenvalue weighted by Gasteiger charge is -2.14. The molecule has 0 saturated carbocycles. The quantitative estimate of drug-likeness (QED) is 0.0397. The van der Waals surface area contributed by atoms with Crippen molar-refractivity contribution in [3.05, 3.63) is 93.9 Å². The summed E-state index contributed by atoms with van der Waals surface area (Å²) in [5, 5.41) is 3.39. The summed E-state index contributed by atoms with van der Waals surface area (Å²) in [6.45, 7) is 5.23. The van der Waals surface area contributed by atoms with Crippen LogP contribution in [0.15, 0.2) is 71.8 Å². The fourth-order valence-corrected chi connectivity index (χ4v) is 5.21. The number of carbonyl (C=O) groups is 1. The third-order valence-corrected chi connectivity index (χ3v) is 7.34. The third-order valence-electron chi connectivity index (χ3n) is 7.34. The molecule has 4 rings (SSSR count). The molecule has 0 spiro atoms. The Bertz CT molecular complexity index is 1380. The summed E-state index contributed by atoms with van der Waals surface area (Å²) >= 11 is 0. The highest BCUT2D eigenvalue weighted by molar-refractivity contribution is 5.71. The van der Waals surface area contributed by atoms with Gasteiger partial charge >= 0.3 is 5.97 Å². The summed E-state index contributed by atoms with van der Waals surface area (Å²) in [5.41, 5.74) is 11.8. The highest BCUT2D eigenvalue weighted by atomic mass is 16.6. The molecule has 1 atom stereocenters. The van der Waals surface area contributed by atoms with E-state index in [1.54, 1.807) is 0 Å². The SMILES string of the molecule is CCCc1cc(Oc2ccccc2)ccc1OCCCOc1ccc2c(c1)CC[C@H]2CC(=O)OCCOCCOCCN=[N+]=[N-]. The Balaban J connectivity index is 1.12. The van der Waals surface area contributed by atoms with E-state index in [9.17, 15) is 4.79 Å².